The van der Waals surface area contributed by atoms with Gasteiger partial charge in [-0.3, -0.25) is 9.48 Å². The van der Waals surface area contributed by atoms with Crippen molar-refractivity contribution in [2.75, 3.05) is 12.3 Å². The number of nitrogens with zero attached hydrogens (tertiary/aromatic N) is 5. The number of carbonyl (C=O) groups is 1. The fourth-order valence-electron chi connectivity index (χ4n) is 4.68. The summed E-state index contributed by atoms with van der Waals surface area (Å²) in [5.74, 6) is 0.541. The lowest BCUT2D eigenvalue weighted by molar-refractivity contribution is -0.123. The van der Waals surface area contributed by atoms with E-state index in [2.05, 4.69) is 43.4 Å². The van der Waals surface area contributed by atoms with Crippen molar-refractivity contribution in [1.82, 2.24) is 29.7 Å². The quantitative estimate of drug-likeness (QED) is 0.491. The van der Waals surface area contributed by atoms with Crippen LogP contribution in [0.5, 0.6) is 0 Å². The van der Waals surface area contributed by atoms with E-state index in [0.717, 1.165) is 59.3 Å². The summed E-state index contributed by atoms with van der Waals surface area (Å²) in [6.07, 6.45) is 7.35. The molecule has 0 saturated heterocycles. The lowest BCUT2D eigenvalue weighted by atomic mass is 9.92. The standard InChI is InChI=1S/C24H25N7O/c1-2-26-23(32)24(9-10-24)16-5-3-4-15(12-16)20-13-18(21-22(25)27-14-29-31(20)21)19-8-11-28-30(19)17-6-7-17/h3-5,8,11-14,17H,2,6-7,9-10H2,1H3,(H,26,32)(H2,25,27,29). The SMILES string of the molecule is CCNC(=O)C1(c2cccc(-c3cc(-c4ccnn4C4CC4)c4c(N)ncnn34)c2)CC1. The number of aromatic nitrogens is 5. The number of rotatable bonds is 6. The molecule has 3 heterocycles. The first-order valence-electron chi connectivity index (χ1n) is 11.2. The van der Waals surface area contributed by atoms with Gasteiger partial charge in [0.2, 0.25) is 5.91 Å². The number of benzene rings is 1. The first-order valence-corrected chi connectivity index (χ1v) is 11.2. The molecule has 1 aromatic carbocycles. The van der Waals surface area contributed by atoms with Gasteiger partial charge in [-0.1, -0.05) is 18.2 Å². The van der Waals surface area contributed by atoms with E-state index >= 15 is 0 Å². The molecule has 6 rings (SSSR count). The summed E-state index contributed by atoms with van der Waals surface area (Å²) in [7, 11) is 0. The highest BCUT2D eigenvalue weighted by molar-refractivity contribution is 5.93. The van der Waals surface area contributed by atoms with Crippen molar-refractivity contribution >= 4 is 17.2 Å². The zero-order chi connectivity index (χ0) is 21.9. The number of amides is 1. The van der Waals surface area contributed by atoms with Crippen LogP contribution in [0.1, 0.15) is 44.2 Å². The summed E-state index contributed by atoms with van der Waals surface area (Å²) in [6, 6.07) is 12.8. The molecule has 0 bridgehead atoms. The van der Waals surface area contributed by atoms with Crippen LogP contribution < -0.4 is 11.1 Å². The lowest BCUT2D eigenvalue weighted by Gasteiger charge is -2.16. The van der Waals surface area contributed by atoms with Crippen LogP contribution in [0.25, 0.3) is 28.0 Å². The van der Waals surface area contributed by atoms with Gasteiger partial charge in [-0.25, -0.2) is 9.50 Å². The van der Waals surface area contributed by atoms with Crippen LogP contribution in [-0.2, 0) is 10.2 Å². The first-order chi connectivity index (χ1) is 15.6. The van der Waals surface area contributed by atoms with Crippen LogP contribution in [0.2, 0.25) is 0 Å². The van der Waals surface area contributed by atoms with Crippen molar-refractivity contribution in [2.45, 2.75) is 44.1 Å². The molecule has 2 fully saturated rings. The molecule has 0 aliphatic heterocycles. The number of likely N-dealkylation sites (N-methyl/N-ethyl adjacent to an activating group) is 1. The number of nitrogens with one attached hydrogen (secondary N) is 1. The third-order valence-electron chi connectivity index (χ3n) is 6.65. The van der Waals surface area contributed by atoms with Crippen LogP contribution in [0.15, 0.2) is 48.9 Å². The molecular formula is C24H25N7O. The fraction of sp³-hybridized carbons (Fsp3) is 0.333. The zero-order valence-corrected chi connectivity index (χ0v) is 18.0. The number of nitrogens with two attached hydrogens (primary N) is 1. The predicted octanol–water partition coefficient (Wildman–Crippen LogP) is 3.34. The Balaban J connectivity index is 1.51. The molecule has 162 valence electrons. The average Bonchev–Trinajstić information content (AvgIpc) is 3.72. The first kappa shape index (κ1) is 19.0. The molecule has 0 atom stereocenters. The highest BCUT2D eigenvalue weighted by Gasteiger charge is 2.51. The highest BCUT2D eigenvalue weighted by atomic mass is 16.2. The number of carbonyl (C=O) groups excluding carboxylic acids is 1. The second kappa shape index (κ2) is 6.91. The minimum atomic E-state index is -0.416. The molecule has 0 spiro atoms. The molecule has 0 unspecified atom stereocenters. The van der Waals surface area contributed by atoms with E-state index in [1.165, 1.54) is 6.33 Å². The minimum Gasteiger partial charge on any atom is -0.382 e. The van der Waals surface area contributed by atoms with Crippen molar-refractivity contribution in [3.05, 3.63) is 54.5 Å². The van der Waals surface area contributed by atoms with Crippen LogP contribution in [-0.4, -0.2) is 36.8 Å². The van der Waals surface area contributed by atoms with Crippen molar-refractivity contribution in [3.63, 3.8) is 0 Å². The molecule has 4 aromatic rings. The van der Waals surface area contributed by atoms with Gasteiger partial charge in [-0.15, -0.1) is 0 Å². The Morgan fingerprint density at radius 2 is 2.03 bits per heavy atom. The Hall–Kier alpha value is -3.68. The van der Waals surface area contributed by atoms with Gasteiger partial charge >= 0.3 is 0 Å². The Morgan fingerprint density at radius 3 is 2.78 bits per heavy atom. The van der Waals surface area contributed by atoms with E-state index in [-0.39, 0.29) is 5.91 Å². The summed E-state index contributed by atoms with van der Waals surface area (Å²) >= 11 is 0. The molecular weight excluding hydrogens is 402 g/mol. The molecule has 2 aliphatic rings. The smallest absolute Gasteiger partial charge is 0.230 e. The van der Waals surface area contributed by atoms with Gasteiger partial charge in [0, 0.05) is 23.9 Å². The maximum Gasteiger partial charge on any atom is 0.230 e. The zero-order valence-electron chi connectivity index (χ0n) is 18.0. The van der Waals surface area contributed by atoms with Crippen LogP contribution in [0.3, 0.4) is 0 Å². The van der Waals surface area contributed by atoms with Gasteiger partial charge in [0.05, 0.1) is 22.8 Å². The minimum absolute atomic E-state index is 0.109. The molecule has 8 nitrogen and oxygen atoms in total. The number of hydrogen-bond acceptors (Lipinski definition) is 5. The Labute approximate surface area is 185 Å². The molecule has 2 saturated carbocycles. The van der Waals surface area contributed by atoms with Crippen molar-refractivity contribution in [2.24, 2.45) is 0 Å². The van der Waals surface area contributed by atoms with Gasteiger partial charge in [-0.2, -0.15) is 10.2 Å². The summed E-state index contributed by atoms with van der Waals surface area (Å²) in [4.78, 5) is 17.0. The van der Waals surface area contributed by atoms with E-state index in [9.17, 15) is 4.79 Å². The van der Waals surface area contributed by atoms with E-state index in [1.54, 1.807) is 0 Å². The molecule has 2 aliphatic carbocycles. The van der Waals surface area contributed by atoms with Crippen LogP contribution in [0.4, 0.5) is 5.82 Å². The third-order valence-corrected chi connectivity index (χ3v) is 6.65. The summed E-state index contributed by atoms with van der Waals surface area (Å²) in [5, 5.41) is 12.1. The topological polar surface area (TPSA) is 103 Å². The average molecular weight is 428 g/mol. The second-order valence-electron chi connectivity index (χ2n) is 8.76. The Kier molecular flexibility index (Phi) is 4.11. The Bertz CT molecular complexity index is 1340. The molecule has 3 aromatic heterocycles. The molecule has 32 heavy (non-hydrogen) atoms. The fourth-order valence-corrected chi connectivity index (χ4v) is 4.68. The maximum absolute atomic E-state index is 12.7. The lowest BCUT2D eigenvalue weighted by Crippen LogP contribution is -2.34. The van der Waals surface area contributed by atoms with Crippen molar-refractivity contribution in [1.29, 1.82) is 0 Å². The molecule has 0 radical (unpaired) electrons. The van der Waals surface area contributed by atoms with Gasteiger partial charge in [-0.05, 0) is 56.4 Å². The number of nitrogen functional groups attached to an aromatic ring is 1. The van der Waals surface area contributed by atoms with Crippen LogP contribution >= 0.6 is 0 Å². The number of fused-ring (bicyclic) bond motifs is 1. The van der Waals surface area contributed by atoms with Gasteiger partial charge in [0.1, 0.15) is 11.8 Å². The largest absolute Gasteiger partial charge is 0.382 e. The van der Waals surface area contributed by atoms with Gasteiger partial charge in [0.15, 0.2) is 5.82 Å². The van der Waals surface area contributed by atoms with E-state index in [4.69, 9.17) is 5.73 Å². The second-order valence-corrected chi connectivity index (χ2v) is 8.76. The Morgan fingerprint density at radius 1 is 1.19 bits per heavy atom. The normalized spacial score (nSPS) is 16.9. The van der Waals surface area contributed by atoms with Gasteiger partial charge < -0.3 is 11.1 Å². The third kappa shape index (κ3) is 2.82. The van der Waals surface area contributed by atoms with Crippen molar-refractivity contribution < 1.29 is 4.79 Å². The number of anilines is 1. The summed E-state index contributed by atoms with van der Waals surface area (Å²) in [5.41, 5.74) is 11.6. The van der Waals surface area contributed by atoms with Crippen molar-refractivity contribution in [3.8, 4) is 22.5 Å². The monoisotopic (exact) mass is 427 g/mol. The number of hydrogen-bond donors (Lipinski definition) is 2. The predicted molar refractivity (Wildman–Crippen MR) is 122 cm³/mol. The highest BCUT2D eigenvalue weighted by Crippen LogP contribution is 2.49. The van der Waals surface area contributed by atoms with E-state index in [1.807, 2.05) is 35.8 Å². The molecule has 8 heteroatoms. The van der Waals surface area contributed by atoms with Crippen LogP contribution in [0, 0.1) is 0 Å². The summed E-state index contributed by atoms with van der Waals surface area (Å²) in [6.45, 7) is 2.59. The van der Waals surface area contributed by atoms with Gasteiger partial charge in [0.25, 0.3) is 0 Å². The molecule has 3 N–H and O–H groups in total. The summed E-state index contributed by atoms with van der Waals surface area (Å²) < 4.78 is 3.93. The molecule has 1 amide bonds. The maximum atomic E-state index is 12.7. The van der Waals surface area contributed by atoms with E-state index in [0.29, 0.717) is 18.4 Å². The van der Waals surface area contributed by atoms with E-state index < -0.39 is 5.41 Å².